The summed E-state index contributed by atoms with van der Waals surface area (Å²) < 4.78 is 10.6. The van der Waals surface area contributed by atoms with Gasteiger partial charge in [0.25, 0.3) is 0 Å². The highest BCUT2D eigenvalue weighted by Crippen LogP contribution is 2.22. The van der Waals surface area contributed by atoms with Crippen molar-refractivity contribution in [2.24, 2.45) is 5.92 Å². The predicted octanol–water partition coefficient (Wildman–Crippen LogP) is 2.49. The highest BCUT2D eigenvalue weighted by atomic mass is 16.6. The zero-order valence-corrected chi connectivity index (χ0v) is 11.2. The highest BCUT2D eigenvalue weighted by molar-refractivity contribution is 5.68. The van der Waals surface area contributed by atoms with E-state index in [1.54, 1.807) is 0 Å². The molecule has 1 aliphatic heterocycles. The summed E-state index contributed by atoms with van der Waals surface area (Å²) >= 11 is 0. The fraction of sp³-hybridized carbons (Fsp3) is 0.769. The lowest BCUT2D eigenvalue weighted by Crippen LogP contribution is -2.48. The Hall–Kier alpha value is -1.03. The molecule has 1 fully saturated rings. The average Bonchev–Trinajstić information content (AvgIpc) is 2.14. The molecule has 1 rings (SSSR count). The summed E-state index contributed by atoms with van der Waals surface area (Å²) in [5.74, 6) is 0.274. The van der Waals surface area contributed by atoms with Crippen LogP contribution >= 0.6 is 0 Å². The van der Waals surface area contributed by atoms with Crippen LogP contribution in [0.5, 0.6) is 0 Å². The molecule has 1 heterocycles. The monoisotopic (exact) mass is 241 g/mol. The standard InChI is InChI=1S/C13H23NO3/c1-9(2)10-6-7-16-8-11(10)14-12(15)17-13(3,4)5/h10-11H,1,6-8H2,2-5H3,(H,14,15). The number of hydrogen-bond donors (Lipinski definition) is 1. The zero-order valence-electron chi connectivity index (χ0n) is 11.2. The van der Waals surface area contributed by atoms with Gasteiger partial charge < -0.3 is 14.8 Å². The van der Waals surface area contributed by atoms with Crippen molar-refractivity contribution in [1.29, 1.82) is 0 Å². The predicted molar refractivity (Wildman–Crippen MR) is 66.9 cm³/mol. The molecule has 17 heavy (non-hydrogen) atoms. The first-order valence-electron chi connectivity index (χ1n) is 6.02. The fourth-order valence-corrected chi connectivity index (χ4v) is 1.93. The van der Waals surface area contributed by atoms with Crippen molar-refractivity contribution in [2.75, 3.05) is 13.2 Å². The van der Waals surface area contributed by atoms with Crippen molar-refractivity contribution in [1.82, 2.24) is 5.32 Å². The van der Waals surface area contributed by atoms with Crippen LogP contribution in [-0.2, 0) is 9.47 Å². The topological polar surface area (TPSA) is 47.6 Å². The zero-order chi connectivity index (χ0) is 13.1. The summed E-state index contributed by atoms with van der Waals surface area (Å²) in [5, 5.41) is 2.86. The molecule has 1 aliphatic rings. The number of carbonyl (C=O) groups excluding carboxylic acids is 1. The van der Waals surface area contributed by atoms with Gasteiger partial charge in [-0.05, 0) is 34.1 Å². The van der Waals surface area contributed by atoms with Gasteiger partial charge in [-0.2, -0.15) is 0 Å². The highest BCUT2D eigenvalue weighted by Gasteiger charge is 2.29. The molecule has 1 N–H and O–H groups in total. The van der Waals surface area contributed by atoms with E-state index in [0.717, 1.165) is 18.6 Å². The lowest BCUT2D eigenvalue weighted by molar-refractivity contribution is 0.0236. The van der Waals surface area contributed by atoms with Crippen molar-refractivity contribution in [3.8, 4) is 0 Å². The summed E-state index contributed by atoms with van der Waals surface area (Å²) in [4.78, 5) is 11.7. The van der Waals surface area contributed by atoms with Crippen LogP contribution in [0, 0.1) is 5.92 Å². The van der Waals surface area contributed by atoms with Crippen LogP contribution in [0.2, 0.25) is 0 Å². The summed E-state index contributed by atoms with van der Waals surface area (Å²) in [6, 6.07) is -0.0314. The van der Waals surface area contributed by atoms with E-state index in [9.17, 15) is 4.79 Å². The Morgan fingerprint density at radius 3 is 2.65 bits per heavy atom. The first kappa shape index (κ1) is 14.0. The molecule has 2 unspecified atom stereocenters. The molecule has 1 saturated heterocycles. The van der Waals surface area contributed by atoms with E-state index in [2.05, 4.69) is 11.9 Å². The molecular weight excluding hydrogens is 218 g/mol. The average molecular weight is 241 g/mol. The summed E-state index contributed by atoms with van der Waals surface area (Å²) in [5.41, 5.74) is 0.604. The number of nitrogens with one attached hydrogen (secondary N) is 1. The van der Waals surface area contributed by atoms with Crippen molar-refractivity contribution >= 4 is 6.09 Å². The SMILES string of the molecule is C=C(C)C1CCOCC1NC(=O)OC(C)(C)C. The third-order valence-electron chi connectivity index (χ3n) is 2.69. The van der Waals surface area contributed by atoms with Gasteiger partial charge in [-0.3, -0.25) is 0 Å². The molecule has 0 aromatic carbocycles. The lowest BCUT2D eigenvalue weighted by atomic mass is 9.89. The van der Waals surface area contributed by atoms with Gasteiger partial charge in [-0.25, -0.2) is 4.79 Å². The van der Waals surface area contributed by atoms with Gasteiger partial charge in [-0.1, -0.05) is 12.2 Å². The van der Waals surface area contributed by atoms with Crippen molar-refractivity contribution in [2.45, 2.75) is 45.8 Å². The second-order valence-electron chi connectivity index (χ2n) is 5.57. The van der Waals surface area contributed by atoms with Crippen LogP contribution in [0.4, 0.5) is 4.79 Å². The number of hydrogen-bond acceptors (Lipinski definition) is 3. The number of rotatable bonds is 2. The molecule has 0 aliphatic carbocycles. The molecule has 1 amide bonds. The largest absolute Gasteiger partial charge is 0.444 e. The Labute approximate surface area is 103 Å². The molecule has 0 radical (unpaired) electrons. The van der Waals surface area contributed by atoms with E-state index >= 15 is 0 Å². The smallest absolute Gasteiger partial charge is 0.407 e. The van der Waals surface area contributed by atoms with Crippen LogP contribution in [0.25, 0.3) is 0 Å². The Morgan fingerprint density at radius 2 is 2.12 bits per heavy atom. The minimum absolute atomic E-state index is 0.0314. The Balaban J connectivity index is 2.53. The number of alkyl carbamates (subject to hydrolysis) is 1. The Kier molecular flexibility index (Phi) is 4.57. The molecule has 2 atom stereocenters. The molecule has 98 valence electrons. The third kappa shape index (κ3) is 4.77. The van der Waals surface area contributed by atoms with Gasteiger partial charge in [-0.15, -0.1) is 0 Å². The van der Waals surface area contributed by atoms with E-state index in [0.29, 0.717) is 6.61 Å². The third-order valence-corrected chi connectivity index (χ3v) is 2.69. The van der Waals surface area contributed by atoms with Crippen molar-refractivity contribution in [3.63, 3.8) is 0 Å². The molecule has 4 heteroatoms. The molecule has 4 nitrogen and oxygen atoms in total. The molecular formula is C13H23NO3. The van der Waals surface area contributed by atoms with Crippen molar-refractivity contribution < 1.29 is 14.3 Å². The molecule has 0 saturated carbocycles. The molecule has 0 bridgehead atoms. The van der Waals surface area contributed by atoms with Crippen LogP contribution in [-0.4, -0.2) is 30.9 Å². The van der Waals surface area contributed by atoms with Gasteiger partial charge in [0.2, 0.25) is 0 Å². The molecule has 0 aromatic heterocycles. The maximum atomic E-state index is 11.7. The maximum absolute atomic E-state index is 11.7. The van der Waals surface area contributed by atoms with E-state index in [1.165, 1.54) is 0 Å². The van der Waals surface area contributed by atoms with Crippen LogP contribution in [0.1, 0.15) is 34.1 Å². The first-order valence-corrected chi connectivity index (χ1v) is 6.02. The van der Waals surface area contributed by atoms with E-state index < -0.39 is 5.60 Å². The van der Waals surface area contributed by atoms with Gasteiger partial charge >= 0.3 is 6.09 Å². The lowest BCUT2D eigenvalue weighted by Gasteiger charge is -2.33. The van der Waals surface area contributed by atoms with Crippen molar-refractivity contribution in [3.05, 3.63) is 12.2 Å². The second kappa shape index (κ2) is 5.54. The normalized spacial score (nSPS) is 25.2. The summed E-state index contributed by atoms with van der Waals surface area (Å²) in [7, 11) is 0. The van der Waals surface area contributed by atoms with E-state index in [-0.39, 0.29) is 18.1 Å². The van der Waals surface area contributed by atoms with Gasteiger partial charge in [0, 0.05) is 12.5 Å². The first-order chi connectivity index (χ1) is 7.79. The number of carbonyl (C=O) groups is 1. The maximum Gasteiger partial charge on any atom is 0.407 e. The number of amides is 1. The summed E-state index contributed by atoms with van der Waals surface area (Å²) in [6.45, 7) is 12.7. The Bertz CT molecular complexity index is 294. The molecule has 0 aromatic rings. The molecule has 0 spiro atoms. The van der Waals surface area contributed by atoms with Gasteiger partial charge in [0.1, 0.15) is 5.60 Å². The summed E-state index contributed by atoms with van der Waals surface area (Å²) in [6.07, 6.45) is 0.509. The minimum atomic E-state index is -0.474. The van der Waals surface area contributed by atoms with Crippen LogP contribution < -0.4 is 5.32 Å². The minimum Gasteiger partial charge on any atom is -0.444 e. The fourth-order valence-electron chi connectivity index (χ4n) is 1.93. The van der Waals surface area contributed by atoms with Gasteiger partial charge in [0.05, 0.1) is 12.6 Å². The Morgan fingerprint density at radius 1 is 1.47 bits per heavy atom. The van der Waals surface area contributed by atoms with E-state index in [1.807, 2.05) is 27.7 Å². The number of ether oxygens (including phenoxy) is 2. The second-order valence-corrected chi connectivity index (χ2v) is 5.57. The van der Waals surface area contributed by atoms with Crippen LogP contribution in [0.3, 0.4) is 0 Å². The van der Waals surface area contributed by atoms with Crippen LogP contribution in [0.15, 0.2) is 12.2 Å². The van der Waals surface area contributed by atoms with E-state index in [4.69, 9.17) is 9.47 Å². The van der Waals surface area contributed by atoms with Gasteiger partial charge in [0.15, 0.2) is 0 Å². The quantitative estimate of drug-likeness (QED) is 0.756.